The van der Waals surface area contributed by atoms with E-state index in [0.717, 1.165) is 0 Å². The van der Waals surface area contributed by atoms with Gasteiger partial charge in [0.1, 0.15) is 3.74 Å². The Kier molecular flexibility index (Phi) is 3.21. The van der Waals surface area contributed by atoms with Gasteiger partial charge in [-0.15, -0.1) is 0 Å². The number of aromatic nitrogens is 2. The standard InChI is InChI=1S/C5H5Br2N5O2/c6-3(7)1-2(12(13)14)4(8)11-5(9)10-1/h3H,(H4,8,9,10,11). The Hall–Kier alpha value is -0.960. The molecule has 0 unspecified atom stereocenters. The van der Waals surface area contributed by atoms with Crippen LogP contribution in [0.2, 0.25) is 0 Å². The van der Waals surface area contributed by atoms with E-state index < -0.39 is 8.66 Å². The summed E-state index contributed by atoms with van der Waals surface area (Å²) in [7, 11) is 0. The normalized spacial score (nSPS) is 10.5. The highest BCUT2D eigenvalue weighted by molar-refractivity contribution is 9.24. The third-order valence-electron chi connectivity index (χ3n) is 1.34. The molecule has 0 aliphatic heterocycles. The molecule has 0 saturated heterocycles. The number of alkyl halides is 2. The Morgan fingerprint density at radius 1 is 1.36 bits per heavy atom. The Labute approximate surface area is 95.3 Å². The fourth-order valence-corrected chi connectivity index (χ4v) is 1.49. The molecule has 0 aliphatic carbocycles. The highest BCUT2D eigenvalue weighted by Gasteiger charge is 2.25. The summed E-state index contributed by atoms with van der Waals surface area (Å²) in [6.45, 7) is 0. The number of nitrogen functional groups attached to an aromatic ring is 2. The van der Waals surface area contributed by atoms with Gasteiger partial charge in [0.15, 0.2) is 5.69 Å². The SMILES string of the molecule is Nc1nc(N)c([N+](=O)[O-])c(C(Br)Br)n1. The third kappa shape index (κ3) is 2.10. The van der Waals surface area contributed by atoms with E-state index in [1.807, 2.05) is 0 Å². The van der Waals surface area contributed by atoms with Crippen LogP contribution in [0.15, 0.2) is 0 Å². The average Bonchev–Trinajstić information content (AvgIpc) is 2.01. The lowest BCUT2D eigenvalue weighted by Crippen LogP contribution is -2.08. The van der Waals surface area contributed by atoms with Crippen LogP contribution in [-0.4, -0.2) is 14.9 Å². The second-order valence-corrected chi connectivity index (χ2v) is 5.32. The number of anilines is 2. The molecule has 0 bridgehead atoms. The first kappa shape index (κ1) is 11.1. The molecular weight excluding hydrogens is 322 g/mol. The lowest BCUT2D eigenvalue weighted by molar-refractivity contribution is -0.385. The summed E-state index contributed by atoms with van der Waals surface area (Å²) in [5.74, 6) is -0.353. The van der Waals surface area contributed by atoms with Crippen molar-refractivity contribution in [3.63, 3.8) is 0 Å². The fourth-order valence-electron chi connectivity index (χ4n) is 0.848. The zero-order valence-electron chi connectivity index (χ0n) is 6.65. The maximum Gasteiger partial charge on any atom is 0.334 e. The Balaban J connectivity index is 3.44. The van der Waals surface area contributed by atoms with Gasteiger partial charge in [-0.1, -0.05) is 31.9 Å². The van der Waals surface area contributed by atoms with Crippen molar-refractivity contribution in [3.05, 3.63) is 15.8 Å². The van der Waals surface area contributed by atoms with Crippen LogP contribution in [0.4, 0.5) is 17.5 Å². The van der Waals surface area contributed by atoms with Crippen molar-refractivity contribution in [1.29, 1.82) is 0 Å². The smallest absolute Gasteiger partial charge is 0.334 e. The molecule has 0 fully saturated rings. The number of nitro groups is 1. The molecule has 1 aromatic heterocycles. The van der Waals surface area contributed by atoms with E-state index >= 15 is 0 Å². The van der Waals surface area contributed by atoms with Crippen LogP contribution >= 0.6 is 31.9 Å². The molecule has 9 heteroatoms. The van der Waals surface area contributed by atoms with E-state index in [1.54, 1.807) is 0 Å². The van der Waals surface area contributed by atoms with E-state index in [2.05, 4.69) is 41.8 Å². The van der Waals surface area contributed by atoms with Crippen molar-refractivity contribution >= 4 is 49.3 Å². The van der Waals surface area contributed by atoms with Crippen LogP contribution in [0, 0.1) is 10.1 Å². The quantitative estimate of drug-likeness (QED) is 0.480. The van der Waals surface area contributed by atoms with E-state index in [4.69, 9.17) is 11.5 Å². The van der Waals surface area contributed by atoms with Crippen LogP contribution < -0.4 is 11.5 Å². The highest BCUT2D eigenvalue weighted by atomic mass is 79.9. The number of hydrogen-bond donors (Lipinski definition) is 2. The molecular formula is C5H5Br2N5O2. The van der Waals surface area contributed by atoms with Gasteiger partial charge in [-0.2, -0.15) is 4.98 Å². The molecule has 14 heavy (non-hydrogen) atoms. The molecule has 4 N–H and O–H groups in total. The fraction of sp³-hybridized carbons (Fsp3) is 0.200. The maximum atomic E-state index is 10.6. The average molecular weight is 327 g/mol. The van der Waals surface area contributed by atoms with E-state index in [9.17, 15) is 10.1 Å². The lowest BCUT2D eigenvalue weighted by Gasteiger charge is -2.05. The zero-order valence-corrected chi connectivity index (χ0v) is 9.82. The molecule has 0 atom stereocenters. The first-order valence-electron chi connectivity index (χ1n) is 3.29. The lowest BCUT2D eigenvalue weighted by atomic mass is 10.3. The topological polar surface area (TPSA) is 121 Å². The first-order chi connectivity index (χ1) is 6.43. The third-order valence-corrected chi connectivity index (χ3v) is 2.21. The second kappa shape index (κ2) is 4.05. The van der Waals surface area contributed by atoms with Crippen LogP contribution in [0.1, 0.15) is 9.43 Å². The van der Waals surface area contributed by atoms with Crippen molar-refractivity contribution < 1.29 is 4.92 Å². The number of hydrogen-bond acceptors (Lipinski definition) is 6. The predicted octanol–water partition coefficient (Wildman–Crippen LogP) is 1.34. The van der Waals surface area contributed by atoms with Gasteiger partial charge in [0.2, 0.25) is 11.8 Å². The molecule has 0 aromatic carbocycles. The van der Waals surface area contributed by atoms with Crippen LogP contribution in [-0.2, 0) is 0 Å². The molecule has 0 aliphatic rings. The van der Waals surface area contributed by atoms with Gasteiger partial charge in [-0.3, -0.25) is 10.1 Å². The molecule has 1 aromatic rings. The molecule has 0 amide bonds. The largest absolute Gasteiger partial charge is 0.378 e. The second-order valence-electron chi connectivity index (χ2n) is 2.26. The molecule has 1 rings (SSSR count). The molecule has 76 valence electrons. The Morgan fingerprint density at radius 2 is 1.93 bits per heavy atom. The summed E-state index contributed by atoms with van der Waals surface area (Å²) in [6.07, 6.45) is 0. The number of halogens is 2. The van der Waals surface area contributed by atoms with Crippen molar-refractivity contribution in [2.24, 2.45) is 0 Å². The van der Waals surface area contributed by atoms with Crippen molar-refractivity contribution in [2.45, 2.75) is 3.74 Å². The number of nitrogens with zero attached hydrogens (tertiary/aromatic N) is 3. The van der Waals surface area contributed by atoms with Crippen LogP contribution in [0.5, 0.6) is 0 Å². The zero-order chi connectivity index (χ0) is 10.9. The molecule has 7 nitrogen and oxygen atoms in total. The van der Waals surface area contributed by atoms with E-state index in [-0.39, 0.29) is 23.1 Å². The summed E-state index contributed by atoms with van der Waals surface area (Å²) < 4.78 is -0.497. The Bertz CT molecular complexity index is 383. The minimum atomic E-state index is -0.653. The van der Waals surface area contributed by atoms with E-state index in [0.29, 0.717) is 0 Å². The number of rotatable bonds is 2. The van der Waals surface area contributed by atoms with Crippen molar-refractivity contribution in [2.75, 3.05) is 11.5 Å². The van der Waals surface area contributed by atoms with Gasteiger partial charge in [0.05, 0.1) is 4.92 Å². The van der Waals surface area contributed by atoms with Crippen LogP contribution in [0.25, 0.3) is 0 Å². The van der Waals surface area contributed by atoms with Crippen LogP contribution in [0.3, 0.4) is 0 Å². The highest BCUT2D eigenvalue weighted by Crippen LogP contribution is 2.36. The van der Waals surface area contributed by atoms with Crippen molar-refractivity contribution in [3.8, 4) is 0 Å². The van der Waals surface area contributed by atoms with Gasteiger partial charge < -0.3 is 11.5 Å². The minimum Gasteiger partial charge on any atom is -0.378 e. The van der Waals surface area contributed by atoms with Gasteiger partial charge in [0, 0.05) is 0 Å². The Morgan fingerprint density at radius 3 is 2.36 bits per heavy atom. The van der Waals surface area contributed by atoms with Gasteiger partial charge in [-0.05, 0) is 0 Å². The predicted molar refractivity (Wildman–Crippen MR) is 58.1 cm³/mol. The van der Waals surface area contributed by atoms with Gasteiger partial charge in [0.25, 0.3) is 0 Å². The van der Waals surface area contributed by atoms with Gasteiger partial charge in [-0.25, -0.2) is 4.98 Å². The summed E-state index contributed by atoms with van der Waals surface area (Å²) in [5.41, 5.74) is 10.4. The maximum absolute atomic E-state index is 10.6. The van der Waals surface area contributed by atoms with Crippen molar-refractivity contribution in [1.82, 2.24) is 9.97 Å². The summed E-state index contributed by atoms with van der Waals surface area (Å²) in [5, 5.41) is 10.6. The summed E-state index contributed by atoms with van der Waals surface area (Å²) >= 11 is 6.16. The minimum absolute atomic E-state index is 0.0972. The molecule has 0 saturated carbocycles. The van der Waals surface area contributed by atoms with Gasteiger partial charge >= 0.3 is 5.69 Å². The molecule has 0 spiro atoms. The summed E-state index contributed by atoms with van der Waals surface area (Å²) in [4.78, 5) is 17.2. The summed E-state index contributed by atoms with van der Waals surface area (Å²) in [6, 6.07) is 0. The molecule has 0 radical (unpaired) electrons. The monoisotopic (exact) mass is 325 g/mol. The van der Waals surface area contributed by atoms with E-state index in [1.165, 1.54) is 0 Å². The number of nitrogens with two attached hydrogens (primary N) is 2. The molecule has 1 heterocycles. The first-order valence-corrected chi connectivity index (χ1v) is 5.12.